The Morgan fingerprint density at radius 2 is 1.30 bits per heavy atom. The summed E-state index contributed by atoms with van der Waals surface area (Å²) >= 11 is 12.1. The molecule has 23 heteroatoms. The molecule has 1 aromatic rings. The highest BCUT2D eigenvalue weighted by molar-refractivity contribution is 7.73. The number of piperidine rings is 1. The number of esters is 2. The SMILES string of the molecule is C/C=C/[C@@H](C)N.C/C=C/[C@@H](C)N.CC1=CCN(C)[C@H](C)C1.CC1C[C@@H](C)N(C)CC1O.CCC[C@@H](C)N(C)CC(=O)OC.CN[C@H](C)C(=O)O.CN[C@H](C)CO.COC(=O)C1=CCN(C)[C@H](C)C1.C[C@@H]1CC(C(=O)CCl)=CCN1C.C[C@@H]1CC(c2csc(=S)[nH]2)=CCN1. The molecule has 2 unspecified atom stereocenters. The summed E-state index contributed by atoms with van der Waals surface area (Å²) in [5.41, 5.74) is 16.5. The number of hydrogen-bond donors (Lipinski definition) is 9. The molecule has 0 radical (unpaired) electrons. The van der Waals surface area contributed by atoms with E-state index in [-0.39, 0.29) is 54.4 Å². The molecule has 542 valence electrons. The summed E-state index contributed by atoms with van der Waals surface area (Å²) in [6.45, 7) is 36.1. The molecule has 0 amide bonds. The van der Waals surface area contributed by atoms with Crippen LogP contribution in [0.25, 0.3) is 5.57 Å². The highest BCUT2D eigenvalue weighted by atomic mass is 35.5. The summed E-state index contributed by atoms with van der Waals surface area (Å²) in [4.78, 5) is 57.3. The molecule has 6 heterocycles. The number of ether oxygens (including phenoxy) is 2. The molecule has 20 nitrogen and oxygen atoms in total. The fraction of sp³-hybridized carbons (Fsp3) is 0.729. The fourth-order valence-electron chi connectivity index (χ4n) is 8.72. The van der Waals surface area contributed by atoms with Crippen LogP contribution in [0.5, 0.6) is 0 Å². The van der Waals surface area contributed by atoms with E-state index < -0.39 is 12.0 Å². The molecule has 1 fully saturated rings. The lowest BCUT2D eigenvalue weighted by Gasteiger charge is -2.36. The van der Waals surface area contributed by atoms with Gasteiger partial charge in [0.25, 0.3) is 0 Å². The Morgan fingerprint density at radius 1 is 0.796 bits per heavy atom. The van der Waals surface area contributed by atoms with Gasteiger partial charge in [0.05, 0.1) is 45.0 Å². The molecule has 12 atom stereocenters. The molecule has 6 rings (SSSR count). The first kappa shape index (κ1) is 95.6. The maximum Gasteiger partial charge on any atom is 0.333 e. The second-order valence-electron chi connectivity index (χ2n) is 25.0. The van der Waals surface area contributed by atoms with Crippen molar-refractivity contribution in [3.05, 3.63) is 80.4 Å². The summed E-state index contributed by atoms with van der Waals surface area (Å²) in [6.07, 6.45) is 23.5. The predicted octanol–water partition coefficient (Wildman–Crippen LogP) is 9.55. The first-order valence-corrected chi connectivity index (χ1v) is 34.9. The van der Waals surface area contributed by atoms with Crippen LogP contribution >= 0.6 is 35.2 Å². The lowest BCUT2D eigenvalue weighted by Crippen LogP contribution is -2.45. The van der Waals surface area contributed by atoms with Crippen molar-refractivity contribution in [2.75, 3.05) is 115 Å². The number of ketones is 1. The molecule has 1 aromatic heterocycles. The van der Waals surface area contributed by atoms with E-state index in [2.05, 4.69) is 158 Å². The molecule has 0 aliphatic carbocycles. The van der Waals surface area contributed by atoms with E-state index in [1.807, 2.05) is 90.1 Å². The number of carbonyl (C=O) groups excluding carboxylic acids is 3. The molecule has 5 aliphatic rings. The van der Waals surface area contributed by atoms with Crippen molar-refractivity contribution in [2.45, 2.75) is 215 Å². The van der Waals surface area contributed by atoms with Gasteiger partial charge < -0.3 is 62.1 Å². The lowest BCUT2D eigenvalue weighted by molar-refractivity contribution is -0.142. The number of aromatic amines is 1. The third kappa shape index (κ3) is 49.4. The number of hydrogen-bond acceptors (Lipinski definition) is 20. The number of nitrogens with two attached hydrogens (primary N) is 2. The van der Waals surface area contributed by atoms with Gasteiger partial charge in [0.2, 0.25) is 0 Å². The van der Waals surface area contributed by atoms with Gasteiger partial charge in [0, 0.05) is 98.1 Å². The number of halogens is 1. The normalized spacial score (nSPS) is 23.0. The average Bonchev–Trinajstić information content (AvgIpc) is 2.56. The minimum absolute atomic E-state index is 0.0802. The maximum atomic E-state index is 11.2. The number of H-pyrrole nitrogens is 1. The number of methoxy groups -OCH3 is 2. The highest BCUT2D eigenvalue weighted by Crippen LogP contribution is 2.24. The number of likely N-dealkylation sites (tertiary alicyclic amines) is 1. The lowest BCUT2D eigenvalue weighted by atomic mass is 9.91. The monoisotopic (exact) mass is 1370 g/mol. The fourth-order valence-corrected chi connectivity index (χ4v) is 9.75. The summed E-state index contributed by atoms with van der Waals surface area (Å²) in [5.74, 6) is -0.497. The van der Waals surface area contributed by atoms with E-state index in [4.69, 9.17) is 45.5 Å². The number of aromatic nitrogens is 1. The van der Waals surface area contributed by atoms with Gasteiger partial charge in [-0.2, -0.15) is 0 Å². The van der Waals surface area contributed by atoms with Gasteiger partial charge in [-0.25, -0.2) is 4.79 Å². The summed E-state index contributed by atoms with van der Waals surface area (Å²) in [6, 6.07) is 3.54. The number of carboxylic acid groups (broad SMARTS) is 1. The number of aliphatic carboxylic acids is 1. The number of carbonyl (C=O) groups is 4. The van der Waals surface area contributed by atoms with Crippen molar-refractivity contribution in [1.82, 2.24) is 45.4 Å². The van der Waals surface area contributed by atoms with Crippen molar-refractivity contribution >= 4 is 64.4 Å². The Kier molecular flexibility index (Phi) is 58.9. The first-order chi connectivity index (χ1) is 43.5. The number of rotatable bonds is 15. The van der Waals surface area contributed by atoms with Crippen LogP contribution in [-0.2, 0) is 28.7 Å². The van der Waals surface area contributed by atoms with Crippen LogP contribution < -0.4 is 27.4 Å². The number of aliphatic hydroxyl groups is 2. The topological polar surface area (TPSA) is 268 Å². The zero-order chi connectivity index (χ0) is 72.5. The van der Waals surface area contributed by atoms with Crippen LogP contribution in [0.4, 0.5) is 0 Å². The third-order valence-corrected chi connectivity index (χ3v) is 17.5. The Hall–Kier alpha value is -3.82. The van der Waals surface area contributed by atoms with E-state index >= 15 is 0 Å². The molecule has 0 saturated carbocycles. The van der Waals surface area contributed by atoms with Gasteiger partial charge in [-0.3, -0.25) is 34.0 Å². The number of likely N-dealkylation sites (N-methyl/N-ethyl adjacent to an activating group) is 7. The molecule has 0 spiro atoms. The Labute approximate surface area is 579 Å². The number of nitrogens with zero attached hydrogens (tertiary/aromatic N) is 5. The zero-order valence-corrected chi connectivity index (χ0v) is 64.5. The van der Waals surface area contributed by atoms with E-state index in [0.29, 0.717) is 42.7 Å². The van der Waals surface area contributed by atoms with E-state index in [1.54, 1.807) is 30.9 Å². The number of allylic oxidation sites excluding steroid dienone is 2. The molecular weight excluding hydrogens is 1240 g/mol. The molecule has 93 heavy (non-hydrogen) atoms. The average molecular weight is 1370 g/mol. The maximum absolute atomic E-state index is 11.2. The molecular formula is C70H134ClN11O9S2. The van der Waals surface area contributed by atoms with Crippen LogP contribution in [0.2, 0.25) is 0 Å². The van der Waals surface area contributed by atoms with Gasteiger partial charge in [-0.15, -0.1) is 22.9 Å². The summed E-state index contributed by atoms with van der Waals surface area (Å²) < 4.78 is 10.1. The summed E-state index contributed by atoms with van der Waals surface area (Å²) in [7, 11) is 16.6. The van der Waals surface area contributed by atoms with Crippen LogP contribution in [0, 0.1) is 9.87 Å². The smallest absolute Gasteiger partial charge is 0.333 e. The van der Waals surface area contributed by atoms with Crippen molar-refractivity contribution in [2.24, 2.45) is 17.4 Å². The van der Waals surface area contributed by atoms with Crippen molar-refractivity contribution in [3.63, 3.8) is 0 Å². The van der Waals surface area contributed by atoms with Crippen molar-refractivity contribution in [3.8, 4) is 0 Å². The van der Waals surface area contributed by atoms with Crippen LogP contribution in [0.1, 0.15) is 154 Å². The minimum Gasteiger partial charge on any atom is -0.480 e. The van der Waals surface area contributed by atoms with Gasteiger partial charge in [-0.1, -0.05) is 74.4 Å². The Balaban J connectivity index is -0.000000479. The molecule has 0 aromatic carbocycles. The molecule has 1 saturated heterocycles. The van der Waals surface area contributed by atoms with E-state index in [9.17, 15) is 24.3 Å². The van der Waals surface area contributed by atoms with Crippen molar-refractivity contribution in [1.29, 1.82) is 0 Å². The largest absolute Gasteiger partial charge is 0.480 e. The van der Waals surface area contributed by atoms with Crippen molar-refractivity contribution < 1.29 is 44.0 Å². The number of carboxylic acids is 1. The third-order valence-electron chi connectivity index (χ3n) is 16.2. The first-order valence-electron chi connectivity index (χ1n) is 33.0. The highest BCUT2D eigenvalue weighted by Gasteiger charge is 2.27. The number of β-amino-alcohol motifs (C(OH)–C–C–N with tert-alkyl or cyclic N) is 1. The quantitative estimate of drug-likeness (QED) is 0.0342. The zero-order valence-electron chi connectivity index (χ0n) is 62.1. The Morgan fingerprint density at radius 3 is 1.63 bits per heavy atom. The number of aliphatic hydroxyl groups excluding tert-OH is 2. The van der Waals surface area contributed by atoms with Gasteiger partial charge in [-0.05, 0) is 207 Å². The molecule has 0 bridgehead atoms. The van der Waals surface area contributed by atoms with Crippen LogP contribution in [0.15, 0.2) is 70.7 Å². The van der Waals surface area contributed by atoms with E-state index in [0.717, 1.165) is 92.4 Å². The van der Waals surface area contributed by atoms with Crippen LogP contribution in [0.3, 0.4) is 0 Å². The Bertz CT molecular complexity index is 2290. The second kappa shape index (κ2) is 57.3. The summed E-state index contributed by atoms with van der Waals surface area (Å²) in [5, 5.41) is 36.7. The standard InChI is InChI=1S/C9H14ClNO.C9H12N2S2.C9H15NO2.C9H19NO2.C8H17NO.C8H15N.2C5H11N.C4H9NO2.C4H11NO/c1-7-5-8(9(12)6-10)3-4-11(7)2;1-6-4-7(2-3-10-6)8-5-13-9(12)11-8;1-7-6-8(9(11)12-3)4-5-10(7)2;1-5-6-8(2)10(3)7-9(11)12-4;1-6-4-7(2)9(3)5-8(6)10;1-7-4-5-9(3)8(2)6-7;2*1-3-4-5(2)6;1-3(5-2)4(6)7;1-4(3-6)5-2/h3,7H,4-6H2,1-2H3;2,5-6,10H,3-4H2,1H3,(H,11,12);4,7H,5-6H2,1-3H3;8H,5-7H2,1-4H3;6-8,10H,4-5H2,1-3H3;4,8H,5-6H2,1-3H3;2*3-5H,6H2,1-2H3;3,5H,1-2H3,(H,6,7);4-6H,3H2,1-2H3/b;;;;;;2*4-3+;;/t7-;6-;7-;8-;6?,7-,8?;8-;2*5-;3-;4-/m1111111111/s1. The predicted molar refractivity (Wildman–Crippen MR) is 397 cm³/mol. The van der Waals surface area contributed by atoms with E-state index in [1.165, 1.54) is 31.9 Å². The van der Waals surface area contributed by atoms with Gasteiger partial charge in [0.1, 0.15) is 6.04 Å². The van der Waals surface area contributed by atoms with Crippen LogP contribution in [-0.4, -0.2) is 250 Å². The molecule has 5 aliphatic heterocycles. The number of Topliss-reactive ketones (excluding diaryl/α,β-unsaturated/α-hetero) is 1. The van der Waals surface area contributed by atoms with Gasteiger partial charge >= 0.3 is 17.9 Å². The number of thiazole rings is 1. The second-order valence-corrected chi connectivity index (χ2v) is 26.8. The number of nitrogens with one attached hydrogen (secondary N) is 4. The number of alkyl halides is 1. The minimum atomic E-state index is -0.817. The molecule has 11 N–H and O–H groups in total. The van der Waals surface area contributed by atoms with Gasteiger partial charge in [0.15, 0.2) is 9.74 Å².